The number of hydrogen-bond donors (Lipinski definition) is 1. The molecule has 1 saturated heterocycles. The van der Waals surface area contributed by atoms with Crippen LogP contribution in [0.4, 0.5) is 5.69 Å². The minimum Gasteiger partial charge on any atom is -0.438 e. The first-order valence-electron chi connectivity index (χ1n) is 10.3. The van der Waals surface area contributed by atoms with Gasteiger partial charge >= 0.3 is 0 Å². The lowest BCUT2D eigenvalue weighted by atomic mass is 10.0. The average Bonchev–Trinajstić information content (AvgIpc) is 3.25. The van der Waals surface area contributed by atoms with Gasteiger partial charge in [0.15, 0.2) is 0 Å². The monoisotopic (exact) mass is 424 g/mol. The van der Waals surface area contributed by atoms with Crippen LogP contribution in [0.1, 0.15) is 48.5 Å². The van der Waals surface area contributed by atoms with E-state index in [-0.39, 0.29) is 17.6 Å². The number of ether oxygens (including phenoxy) is 1. The van der Waals surface area contributed by atoms with Crippen molar-refractivity contribution in [3.63, 3.8) is 0 Å². The van der Waals surface area contributed by atoms with Gasteiger partial charge in [0.25, 0.3) is 5.91 Å². The van der Waals surface area contributed by atoms with E-state index in [2.05, 4.69) is 30.2 Å². The Morgan fingerprint density at radius 1 is 1.23 bits per heavy atom. The van der Waals surface area contributed by atoms with Gasteiger partial charge in [-0.05, 0) is 60.7 Å². The van der Waals surface area contributed by atoms with E-state index in [9.17, 15) is 4.79 Å². The Bertz CT molecular complexity index is 1130. The zero-order chi connectivity index (χ0) is 21.1. The van der Waals surface area contributed by atoms with Crippen LogP contribution in [0.25, 0.3) is 11.0 Å². The van der Waals surface area contributed by atoms with Crippen LogP contribution in [0.15, 0.2) is 57.9 Å². The largest absolute Gasteiger partial charge is 0.438 e. The van der Waals surface area contributed by atoms with Crippen LogP contribution in [-0.2, 0) is 4.74 Å². The number of hydrogen-bond acceptors (Lipinski definition) is 4. The van der Waals surface area contributed by atoms with Gasteiger partial charge in [0.2, 0.25) is 5.55 Å². The number of carbonyl (C=O) groups is 1. The molecule has 0 spiro atoms. The second-order valence-electron chi connectivity index (χ2n) is 7.85. The molecule has 5 nitrogen and oxygen atoms in total. The number of carbonyl (C=O) groups excluding carboxylic acids is 1. The van der Waals surface area contributed by atoms with Gasteiger partial charge in [0.1, 0.15) is 11.1 Å². The van der Waals surface area contributed by atoms with Gasteiger partial charge in [0.05, 0.1) is 11.8 Å². The van der Waals surface area contributed by atoms with Crippen molar-refractivity contribution in [2.45, 2.75) is 38.7 Å². The molecular weight excluding hydrogens is 400 g/mol. The smallest absolute Gasteiger partial charge is 0.256 e. The predicted molar refractivity (Wildman–Crippen MR) is 118 cm³/mol. The minimum absolute atomic E-state index is 0.0592. The van der Waals surface area contributed by atoms with Gasteiger partial charge in [-0.25, -0.2) is 4.99 Å². The molecule has 1 aliphatic rings. The number of halogens is 1. The van der Waals surface area contributed by atoms with Crippen molar-refractivity contribution in [3.05, 3.63) is 70.2 Å². The number of benzene rings is 2. The Morgan fingerprint density at radius 2 is 2.10 bits per heavy atom. The molecule has 0 bridgehead atoms. The number of rotatable bonds is 5. The summed E-state index contributed by atoms with van der Waals surface area (Å²) in [6, 6.07) is 15.1. The fourth-order valence-electron chi connectivity index (χ4n) is 3.52. The van der Waals surface area contributed by atoms with Crippen molar-refractivity contribution >= 4 is 34.2 Å². The van der Waals surface area contributed by atoms with Crippen molar-refractivity contribution in [1.82, 2.24) is 5.32 Å². The molecule has 4 rings (SSSR count). The standard InChI is InChI=1S/C24H25ClN2O3/c1-15(2)16-5-3-6-19(12-16)27-24-21(23(28)26-14-20-7-4-10-29-20)13-17-11-18(25)8-9-22(17)30-24/h3,5-6,8-9,11-13,15,20H,4,7,10,14H2,1-2H3,(H,26,28)/t20-/m0/s1. The van der Waals surface area contributed by atoms with Crippen molar-refractivity contribution in [2.75, 3.05) is 13.2 Å². The van der Waals surface area contributed by atoms with E-state index in [4.69, 9.17) is 20.8 Å². The Labute approximate surface area is 180 Å². The molecule has 1 aromatic heterocycles. The van der Waals surface area contributed by atoms with Crippen LogP contribution in [0.2, 0.25) is 5.02 Å². The molecule has 1 aliphatic heterocycles. The molecule has 1 amide bonds. The first-order chi connectivity index (χ1) is 14.5. The van der Waals surface area contributed by atoms with Crippen molar-refractivity contribution in [2.24, 2.45) is 4.99 Å². The Balaban J connectivity index is 1.76. The Morgan fingerprint density at radius 3 is 2.87 bits per heavy atom. The molecule has 1 atom stereocenters. The summed E-state index contributed by atoms with van der Waals surface area (Å²) >= 11 is 6.13. The van der Waals surface area contributed by atoms with Gasteiger partial charge in [-0.3, -0.25) is 4.79 Å². The lowest BCUT2D eigenvalue weighted by Gasteiger charge is -2.11. The first-order valence-corrected chi connectivity index (χ1v) is 10.7. The van der Waals surface area contributed by atoms with Gasteiger partial charge in [-0.1, -0.05) is 37.6 Å². The zero-order valence-electron chi connectivity index (χ0n) is 17.2. The molecule has 2 heterocycles. The first kappa shape index (κ1) is 20.6. The predicted octanol–water partition coefficient (Wildman–Crippen LogP) is 5.35. The molecule has 6 heteroatoms. The highest BCUT2D eigenvalue weighted by molar-refractivity contribution is 6.31. The van der Waals surface area contributed by atoms with E-state index in [0.29, 0.717) is 28.6 Å². The third kappa shape index (κ3) is 4.74. The van der Waals surface area contributed by atoms with Gasteiger partial charge < -0.3 is 14.5 Å². The topological polar surface area (TPSA) is 63.8 Å². The second kappa shape index (κ2) is 9.02. The van der Waals surface area contributed by atoms with Crippen LogP contribution in [0, 0.1) is 0 Å². The summed E-state index contributed by atoms with van der Waals surface area (Å²) in [7, 11) is 0. The molecule has 30 heavy (non-hydrogen) atoms. The molecule has 1 fully saturated rings. The second-order valence-corrected chi connectivity index (χ2v) is 8.29. The van der Waals surface area contributed by atoms with Crippen LogP contribution < -0.4 is 10.9 Å². The summed E-state index contributed by atoms with van der Waals surface area (Å²) < 4.78 is 11.6. The zero-order valence-corrected chi connectivity index (χ0v) is 17.9. The molecular formula is C24H25ClN2O3. The highest BCUT2D eigenvalue weighted by Crippen LogP contribution is 2.22. The summed E-state index contributed by atoms with van der Waals surface area (Å²) in [5.41, 5.74) is 3.18. The molecule has 3 aromatic rings. The molecule has 2 aromatic carbocycles. The van der Waals surface area contributed by atoms with Crippen LogP contribution in [0.3, 0.4) is 0 Å². The van der Waals surface area contributed by atoms with Gasteiger partial charge in [-0.2, -0.15) is 0 Å². The number of nitrogens with one attached hydrogen (secondary N) is 1. The van der Waals surface area contributed by atoms with Crippen molar-refractivity contribution in [3.8, 4) is 0 Å². The minimum atomic E-state index is -0.241. The number of amides is 1. The number of nitrogens with zero attached hydrogens (tertiary/aromatic N) is 1. The molecule has 156 valence electrons. The van der Waals surface area contributed by atoms with Gasteiger partial charge in [-0.15, -0.1) is 0 Å². The maximum Gasteiger partial charge on any atom is 0.256 e. The Kier molecular flexibility index (Phi) is 6.21. The summed E-state index contributed by atoms with van der Waals surface area (Å²) in [5.74, 6) is 0.139. The fourth-order valence-corrected chi connectivity index (χ4v) is 3.71. The van der Waals surface area contributed by atoms with E-state index < -0.39 is 0 Å². The fraction of sp³-hybridized carbons (Fsp3) is 0.333. The third-order valence-corrected chi connectivity index (χ3v) is 5.47. The lowest BCUT2D eigenvalue weighted by molar-refractivity contribution is 0.0854. The van der Waals surface area contributed by atoms with Gasteiger partial charge in [0, 0.05) is 23.6 Å². The quantitative estimate of drug-likeness (QED) is 0.600. The molecule has 0 radical (unpaired) electrons. The molecule has 0 aliphatic carbocycles. The average molecular weight is 425 g/mol. The number of fused-ring (bicyclic) bond motifs is 1. The summed E-state index contributed by atoms with van der Waals surface area (Å²) in [6.07, 6.45) is 2.04. The van der Waals surface area contributed by atoms with E-state index >= 15 is 0 Å². The normalized spacial score (nSPS) is 17.1. The maximum absolute atomic E-state index is 13.0. The van der Waals surface area contributed by atoms with Crippen molar-refractivity contribution in [1.29, 1.82) is 0 Å². The van der Waals surface area contributed by atoms with Crippen LogP contribution >= 0.6 is 11.6 Å². The molecule has 0 unspecified atom stereocenters. The summed E-state index contributed by atoms with van der Waals surface area (Å²) in [4.78, 5) is 17.7. The Hall–Kier alpha value is -2.63. The van der Waals surface area contributed by atoms with E-state index in [1.807, 2.05) is 18.2 Å². The maximum atomic E-state index is 13.0. The van der Waals surface area contributed by atoms with E-state index in [1.54, 1.807) is 24.3 Å². The highest BCUT2D eigenvalue weighted by atomic mass is 35.5. The third-order valence-electron chi connectivity index (χ3n) is 5.24. The lowest BCUT2D eigenvalue weighted by Crippen LogP contribution is -2.34. The van der Waals surface area contributed by atoms with Crippen molar-refractivity contribution < 1.29 is 13.9 Å². The molecule has 1 N–H and O–H groups in total. The van der Waals surface area contributed by atoms with Crippen LogP contribution in [-0.4, -0.2) is 25.2 Å². The molecule has 0 saturated carbocycles. The SMILES string of the molecule is CC(C)c1cccc(N=c2oc3ccc(Cl)cc3cc2C(=O)NC[C@@H]2CCCO2)c1. The van der Waals surface area contributed by atoms with E-state index in [1.165, 1.54) is 5.56 Å². The highest BCUT2D eigenvalue weighted by Gasteiger charge is 2.18. The summed E-state index contributed by atoms with van der Waals surface area (Å²) in [5, 5.41) is 4.29. The van der Waals surface area contributed by atoms with E-state index in [0.717, 1.165) is 30.5 Å². The van der Waals surface area contributed by atoms with Crippen LogP contribution in [0.5, 0.6) is 0 Å². The summed E-state index contributed by atoms with van der Waals surface area (Å²) in [6.45, 7) is 5.48.